The topological polar surface area (TPSA) is 82.2 Å². The molecule has 0 radical (unpaired) electrons. The zero-order valence-electron chi connectivity index (χ0n) is 15.6. The first-order chi connectivity index (χ1) is 12.1. The maximum Gasteiger partial charge on any atom is 0.205 e. The molecule has 2 aromatic rings. The van der Waals surface area contributed by atoms with E-state index in [2.05, 4.69) is 62.7 Å². The van der Waals surface area contributed by atoms with Crippen LogP contribution in [-0.4, -0.2) is 76.3 Å². The molecule has 8 heteroatoms. The molecule has 2 aromatic heterocycles. The molecule has 25 heavy (non-hydrogen) atoms. The van der Waals surface area contributed by atoms with Gasteiger partial charge in [-0.05, 0) is 27.7 Å². The summed E-state index contributed by atoms with van der Waals surface area (Å²) in [6.07, 6.45) is 1.57. The van der Waals surface area contributed by atoms with E-state index in [4.69, 9.17) is 4.74 Å². The summed E-state index contributed by atoms with van der Waals surface area (Å²) < 4.78 is 5.40. The van der Waals surface area contributed by atoms with Gasteiger partial charge in [-0.1, -0.05) is 0 Å². The lowest BCUT2D eigenvalue weighted by molar-refractivity contribution is 0.122. The molecule has 3 heterocycles. The average Bonchev–Trinajstić information content (AvgIpc) is 3.03. The second kappa shape index (κ2) is 7.97. The van der Waals surface area contributed by atoms with Crippen molar-refractivity contribution in [3.05, 3.63) is 6.33 Å². The largest absolute Gasteiger partial charge is 0.378 e. The van der Waals surface area contributed by atoms with Crippen LogP contribution >= 0.6 is 0 Å². The second-order valence-electron chi connectivity index (χ2n) is 6.93. The zero-order chi connectivity index (χ0) is 17.8. The Bertz CT molecular complexity index is 671. The Labute approximate surface area is 149 Å². The van der Waals surface area contributed by atoms with Crippen molar-refractivity contribution in [2.45, 2.75) is 39.8 Å². The highest BCUT2D eigenvalue weighted by Gasteiger charge is 2.17. The first-order valence-electron chi connectivity index (χ1n) is 9.09. The van der Waals surface area contributed by atoms with Crippen molar-refractivity contribution in [2.24, 2.45) is 0 Å². The van der Waals surface area contributed by atoms with Crippen molar-refractivity contribution in [3.8, 4) is 0 Å². The van der Waals surface area contributed by atoms with Crippen molar-refractivity contribution in [1.29, 1.82) is 0 Å². The van der Waals surface area contributed by atoms with E-state index in [0.717, 1.165) is 56.7 Å². The van der Waals surface area contributed by atoms with E-state index in [1.165, 1.54) is 0 Å². The van der Waals surface area contributed by atoms with Crippen molar-refractivity contribution in [1.82, 2.24) is 24.8 Å². The molecule has 0 bridgehead atoms. The number of imidazole rings is 1. The highest BCUT2D eigenvalue weighted by atomic mass is 16.5. The van der Waals surface area contributed by atoms with E-state index in [0.29, 0.717) is 17.7 Å². The Morgan fingerprint density at radius 1 is 1.20 bits per heavy atom. The number of anilines is 2. The number of aromatic amines is 1. The SMILES string of the molecule is CC(C)N(CCNc1ncnc2nc(N3CCOCC3)[nH]c12)C(C)C. The fraction of sp³-hybridized carbons (Fsp3) is 0.706. The molecule has 0 spiro atoms. The first kappa shape index (κ1) is 17.9. The lowest BCUT2D eigenvalue weighted by Crippen LogP contribution is -2.40. The summed E-state index contributed by atoms with van der Waals surface area (Å²) in [7, 11) is 0. The smallest absolute Gasteiger partial charge is 0.205 e. The van der Waals surface area contributed by atoms with Gasteiger partial charge in [0.15, 0.2) is 11.5 Å². The molecular formula is C17H29N7O. The lowest BCUT2D eigenvalue weighted by atomic mass is 10.2. The molecule has 0 saturated carbocycles. The van der Waals surface area contributed by atoms with Crippen LogP contribution in [0.5, 0.6) is 0 Å². The van der Waals surface area contributed by atoms with Gasteiger partial charge in [0, 0.05) is 38.3 Å². The summed E-state index contributed by atoms with van der Waals surface area (Å²) in [5.74, 6) is 1.65. The molecule has 1 aliphatic rings. The summed E-state index contributed by atoms with van der Waals surface area (Å²) >= 11 is 0. The van der Waals surface area contributed by atoms with Crippen LogP contribution in [0.4, 0.5) is 11.8 Å². The number of aromatic nitrogens is 4. The standard InChI is InChI=1S/C17H29N7O/c1-12(2)24(13(3)4)6-5-18-15-14-16(20-11-19-15)22-17(21-14)23-7-9-25-10-8-23/h11-13H,5-10H2,1-4H3,(H2,18,19,20,21,22). The fourth-order valence-corrected chi connectivity index (χ4v) is 3.29. The van der Waals surface area contributed by atoms with E-state index in [1.807, 2.05) is 0 Å². The van der Waals surface area contributed by atoms with Crippen LogP contribution in [0.1, 0.15) is 27.7 Å². The number of morpholine rings is 1. The van der Waals surface area contributed by atoms with Crippen molar-refractivity contribution in [3.63, 3.8) is 0 Å². The number of hydrogen-bond acceptors (Lipinski definition) is 7. The third-order valence-corrected chi connectivity index (χ3v) is 4.58. The Morgan fingerprint density at radius 3 is 2.60 bits per heavy atom. The van der Waals surface area contributed by atoms with Crippen molar-refractivity contribution in [2.75, 3.05) is 49.6 Å². The van der Waals surface area contributed by atoms with Crippen LogP contribution in [0, 0.1) is 0 Å². The van der Waals surface area contributed by atoms with Gasteiger partial charge in [0.05, 0.1) is 13.2 Å². The van der Waals surface area contributed by atoms with E-state index in [9.17, 15) is 0 Å². The Morgan fingerprint density at radius 2 is 1.92 bits per heavy atom. The number of ether oxygens (including phenoxy) is 1. The minimum Gasteiger partial charge on any atom is -0.378 e. The van der Waals surface area contributed by atoms with Crippen molar-refractivity contribution >= 4 is 22.9 Å². The molecule has 138 valence electrons. The van der Waals surface area contributed by atoms with Gasteiger partial charge in [0.25, 0.3) is 0 Å². The highest BCUT2D eigenvalue weighted by molar-refractivity contribution is 5.84. The Balaban J connectivity index is 1.70. The third kappa shape index (κ3) is 4.19. The average molecular weight is 347 g/mol. The normalized spacial score (nSPS) is 15.7. The van der Waals surface area contributed by atoms with Gasteiger partial charge in [0.1, 0.15) is 11.8 Å². The summed E-state index contributed by atoms with van der Waals surface area (Å²) in [5, 5.41) is 3.44. The van der Waals surface area contributed by atoms with E-state index in [-0.39, 0.29) is 0 Å². The van der Waals surface area contributed by atoms with E-state index in [1.54, 1.807) is 6.33 Å². The van der Waals surface area contributed by atoms with Gasteiger partial charge in [-0.2, -0.15) is 4.98 Å². The number of hydrogen-bond donors (Lipinski definition) is 2. The molecule has 0 aromatic carbocycles. The zero-order valence-corrected chi connectivity index (χ0v) is 15.6. The molecule has 1 aliphatic heterocycles. The maximum absolute atomic E-state index is 5.40. The van der Waals surface area contributed by atoms with Gasteiger partial charge >= 0.3 is 0 Å². The quantitative estimate of drug-likeness (QED) is 0.789. The number of H-pyrrole nitrogens is 1. The van der Waals surface area contributed by atoms with Crippen LogP contribution in [0.2, 0.25) is 0 Å². The number of fused-ring (bicyclic) bond motifs is 1. The number of nitrogens with zero attached hydrogens (tertiary/aromatic N) is 5. The van der Waals surface area contributed by atoms with Gasteiger partial charge in [0.2, 0.25) is 5.95 Å². The van der Waals surface area contributed by atoms with E-state index < -0.39 is 0 Å². The number of nitrogens with one attached hydrogen (secondary N) is 2. The van der Waals surface area contributed by atoms with Crippen molar-refractivity contribution < 1.29 is 4.74 Å². The predicted molar refractivity (Wildman–Crippen MR) is 100 cm³/mol. The minimum absolute atomic E-state index is 0.521. The Hall–Kier alpha value is -1.93. The molecule has 0 atom stereocenters. The summed E-state index contributed by atoms with van der Waals surface area (Å²) in [4.78, 5) is 21.3. The predicted octanol–water partition coefficient (Wildman–Crippen LogP) is 1.72. The molecular weight excluding hydrogens is 318 g/mol. The summed E-state index contributed by atoms with van der Waals surface area (Å²) in [6.45, 7) is 13.8. The van der Waals surface area contributed by atoms with Gasteiger partial charge in [-0.3, -0.25) is 4.90 Å². The van der Waals surface area contributed by atoms with Gasteiger partial charge in [-0.25, -0.2) is 9.97 Å². The van der Waals surface area contributed by atoms with Crippen LogP contribution in [-0.2, 0) is 4.74 Å². The molecule has 1 fully saturated rings. The van der Waals surface area contributed by atoms with Gasteiger partial charge < -0.3 is 19.9 Å². The van der Waals surface area contributed by atoms with Crippen LogP contribution < -0.4 is 10.2 Å². The highest BCUT2D eigenvalue weighted by Crippen LogP contribution is 2.21. The Kier molecular flexibility index (Phi) is 5.70. The molecule has 0 amide bonds. The maximum atomic E-state index is 5.40. The summed E-state index contributed by atoms with van der Waals surface area (Å²) in [5.41, 5.74) is 1.56. The molecule has 2 N–H and O–H groups in total. The molecule has 0 aliphatic carbocycles. The second-order valence-corrected chi connectivity index (χ2v) is 6.93. The molecule has 0 unspecified atom stereocenters. The monoisotopic (exact) mass is 347 g/mol. The third-order valence-electron chi connectivity index (χ3n) is 4.58. The van der Waals surface area contributed by atoms with Gasteiger partial charge in [-0.15, -0.1) is 0 Å². The fourth-order valence-electron chi connectivity index (χ4n) is 3.29. The first-order valence-corrected chi connectivity index (χ1v) is 9.09. The molecule has 8 nitrogen and oxygen atoms in total. The van der Waals surface area contributed by atoms with Crippen LogP contribution in [0.15, 0.2) is 6.33 Å². The molecule has 3 rings (SSSR count). The molecule has 1 saturated heterocycles. The van der Waals surface area contributed by atoms with Crippen LogP contribution in [0.3, 0.4) is 0 Å². The number of rotatable bonds is 7. The summed E-state index contributed by atoms with van der Waals surface area (Å²) in [6, 6.07) is 1.04. The minimum atomic E-state index is 0.521. The van der Waals surface area contributed by atoms with E-state index >= 15 is 0 Å². The lowest BCUT2D eigenvalue weighted by Gasteiger charge is -2.30. The van der Waals surface area contributed by atoms with Crippen LogP contribution in [0.25, 0.3) is 11.2 Å².